The number of carbonyl (C=O) groups excluding carboxylic acids is 2. The third kappa shape index (κ3) is 5.31. The maximum atomic E-state index is 14.1. The number of aryl methyl sites for hydroxylation is 1. The molecule has 1 heterocycles. The fraction of sp³-hybridized carbons (Fsp3) is 0.231. The highest BCUT2D eigenvalue weighted by Gasteiger charge is 2.26. The molecule has 1 N–H and O–H groups in total. The van der Waals surface area contributed by atoms with E-state index in [-0.39, 0.29) is 23.1 Å². The molecule has 0 radical (unpaired) electrons. The lowest BCUT2D eigenvalue weighted by atomic mass is 10.1. The molecule has 0 atom stereocenters. The average Bonchev–Trinajstić information content (AvgIpc) is 2.83. The molecule has 0 unspecified atom stereocenters. The zero-order chi connectivity index (χ0) is 24.1. The highest BCUT2D eigenvalue weighted by Crippen LogP contribution is 2.35. The largest absolute Gasteiger partial charge is 0.494 e. The summed E-state index contributed by atoms with van der Waals surface area (Å²) in [5.41, 5.74) is 1.91. The van der Waals surface area contributed by atoms with Crippen LogP contribution in [0.1, 0.15) is 29.3 Å². The number of carbonyl (C=O) groups is 2. The van der Waals surface area contributed by atoms with Crippen LogP contribution in [0.4, 0.5) is 15.8 Å². The first-order chi connectivity index (χ1) is 16.5. The number of hydrogen-bond donors (Lipinski definition) is 1. The number of nitrogens with one attached hydrogen (secondary N) is 1. The zero-order valence-electron chi connectivity index (χ0n) is 18.6. The van der Waals surface area contributed by atoms with E-state index in [0.29, 0.717) is 36.7 Å². The second kappa shape index (κ2) is 10.6. The van der Waals surface area contributed by atoms with E-state index >= 15 is 0 Å². The van der Waals surface area contributed by atoms with Gasteiger partial charge in [-0.2, -0.15) is 0 Å². The van der Waals surface area contributed by atoms with Crippen molar-refractivity contribution >= 4 is 34.8 Å². The summed E-state index contributed by atoms with van der Waals surface area (Å²) < 4.78 is 25.4. The molecule has 0 saturated carbocycles. The second-order valence-corrected chi connectivity index (χ2v) is 8.17. The second-order valence-electron chi connectivity index (χ2n) is 7.77. The van der Waals surface area contributed by atoms with Crippen molar-refractivity contribution in [1.29, 1.82) is 0 Å². The molecule has 8 heteroatoms. The molecule has 0 fully saturated rings. The normalized spacial score (nSPS) is 12.7. The average molecular weight is 483 g/mol. The van der Waals surface area contributed by atoms with Crippen LogP contribution < -0.4 is 19.7 Å². The van der Waals surface area contributed by atoms with Gasteiger partial charge in [0.2, 0.25) is 0 Å². The highest BCUT2D eigenvalue weighted by molar-refractivity contribution is 6.34. The smallest absolute Gasteiger partial charge is 0.265 e. The fourth-order valence-electron chi connectivity index (χ4n) is 3.67. The molecule has 176 valence electrons. The van der Waals surface area contributed by atoms with Crippen LogP contribution in [0.2, 0.25) is 5.02 Å². The molecule has 3 aromatic carbocycles. The lowest BCUT2D eigenvalue weighted by Crippen LogP contribution is -2.39. The Morgan fingerprint density at radius 2 is 1.97 bits per heavy atom. The van der Waals surface area contributed by atoms with Gasteiger partial charge in [-0.15, -0.1) is 0 Å². The number of halogens is 2. The van der Waals surface area contributed by atoms with E-state index in [1.807, 2.05) is 24.3 Å². The van der Waals surface area contributed by atoms with Crippen molar-refractivity contribution in [2.45, 2.75) is 19.8 Å². The van der Waals surface area contributed by atoms with Crippen LogP contribution in [0.25, 0.3) is 0 Å². The van der Waals surface area contributed by atoms with Crippen molar-refractivity contribution in [2.24, 2.45) is 0 Å². The van der Waals surface area contributed by atoms with Crippen molar-refractivity contribution in [3.05, 3.63) is 82.6 Å². The third-order valence-corrected chi connectivity index (χ3v) is 5.79. The monoisotopic (exact) mass is 482 g/mol. The Labute approximate surface area is 202 Å². The van der Waals surface area contributed by atoms with Crippen LogP contribution in [0.3, 0.4) is 0 Å². The van der Waals surface area contributed by atoms with Gasteiger partial charge in [0.25, 0.3) is 11.8 Å². The van der Waals surface area contributed by atoms with Gasteiger partial charge in [0.05, 0.1) is 22.9 Å². The molecule has 0 bridgehead atoms. The predicted octanol–water partition coefficient (Wildman–Crippen LogP) is 5.49. The molecule has 1 aliphatic heterocycles. The summed E-state index contributed by atoms with van der Waals surface area (Å²) in [4.78, 5) is 26.7. The molecular weight excluding hydrogens is 459 g/mol. The Morgan fingerprint density at radius 1 is 1.18 bits per heavy atom. The maximum absolute atomic E-state index is 14.1. The number of hydrogen-bond acceptors (Lipinski definition) is 4. The molecule has 4 rings (SSSR count). The minimum Gasteiger partial charge on any atom is -0.494 e. The molecule has 0 aromatic heterocycles. The number of rotatable bonds is 8. The standard InChI is InChI=1S/C26H24ClFN2O4/c1-2-17-7-10-19(11-8-17)33-14-4-13-30-22-15-18(9-12-23(22)34-16-24(30)31)29-26(32)25-20(27)5-3-6-21(25)28/h3,5-12,15H,2,4,13-14,16H2,1H3,(H,29,32). The van der Waals surface area contributed by atoms with Crippen LogP contribution in [-0.4, -0.2) is 31.6 Å². The van der Waals surface area contributed by atoms with Crippen LogP contribution in [-0.2, 0) is 11.2 Å². The minimum atomic E-state index is -0.715. The van der Waals surface area contributed by atoms with Crippen molar-refractivity contribution < 1.29 is 23.5 Å². The number of fused-ring (bicyclic) bond motifs is 1. The van der Waals surface area contributed by atoms with Gasteiger partial charge < -0.3 is 19.7 Å². The Morgan fingerprint density at radius 3 is 2.71 bits per heavy atom. The number of anilines is 2. The summed E-state index contributed by atoms with van der Waals surface area (Å²) in [6.07, 6.45) is 1.57. The Balaban J connectivity index is 1.43. The molecule has 1 aliphatic rings. The van der Waals surface area contributed by atoms with E-state index in [1.54, 1.807) is 23.1 Å². The van der Waals surface area contributed by atoms with E-state index < -0.39 is 11.7 Å². The summed E-state index contributed by atoms with van der Waals surface area (Å²) >= 11 is 5.99. The van der Waals surface area contributed by atoms with Gasteiger partial charge in [-0.3, -0.25) is 9.59 Å². The molecule has 34 heavy (non-hydrogen) atoms. The summed E-state index contributed by atoms with van der Waals surface area (Å²) in [5.74, 6) is -0.284. The maximum Gasteiger partial charge on any atom is 0.265 e. The zero-order valence-corrected chi connectivity index (χ0v) is 19.4. The molecule has 0 saturated heterocycles. The number of benzene rings is 3. The van der Waals surface area contributed by atoms with E-state index in [2.05, 4.69) is 12.2 Å². The van der Waals surface area contributed by atoms with Gasteiger partial charge >= 0.3 is 0 Å². The SMILES string of the molecule is CCc1ccc(OCCCN2C(=O)COc3ccc(NC(=O)c4c(F)cccc4Cl)cc32)cc1. The molecular formula is C26H24ClFN2O4. The van der Waals surface area contributed by atoms with E-state index in [9.17, 15) is 14.0 Å². The topological polar surface area (TPSA) is 67.9 Å². The van der Waals surface area contributed by atoms with E-state index in [0.717, 1.165) is 12.2 Å². The first-order valence-corrected chi connectivity index (χ1v) is 11.4. The van der Waals surface area contributed by atoms with Gasteiger partial charge in [0, 0.05) is 12.2 Å². The van der Waals surface area contributed by atoms with Crippen LogP contribution in [0.5, 0.6) is 11.5 Å². The Bertz CT molecular complexity index is 1180. The lowest BCUT2D eigenvalue weighted by Gasteiger charge is -2.30. The Hall–Kier alpha value is -3.58. The molecule has 2 amide bonds. The lowest BCUT2D eigenvalue weighted by molar-refractivity contribution is -0.121. The summed E-state index contributed by atoms with van der Waals surface area (Å²) in [6, 6.07) is 16.9. The predicted molar refractivity (Wildman–Crippen MR) is 130 cm³/mol. The van der Waals surface area contributed by atoms with Crippen molar-refractivity contribution in [2.75, 3.05) is 30.0 Å². The first-order valence-electron chi connectivity index (χ1n) is 11.0. The highest BCUT2D eigenvalue weighted by atomic mass is 35.5. The molecule has 0 aliphatic carbocycles. The van der Waals surface area contributed by atoms with Crippen molar-refractivity contribution in [1.82, 2.24) is 0 Å². The quantitative estimate of drug-likeness (QED) is 0.431. The molecule has 3 aromatic rings. The third-order valence-electron chi connectivity index (χ3n) is 5.48. The molecule has 6 nitrogen and oxygen atoms in total. The van der Waals surface area contributed by atoms with Gasteiger partial charge in [-0.25, -0.2) is 4.39 Å². The first kappa shape index (κ1) is 23.6. The fourth-order valence-corrected chi connectivity index (χ4v) is 3.92. The van der Waals surface area contributed by atoms with Gasteiger partial charge in [-0.1, -0.05) is 36.7 Å². The number of amides is 2. The van der Waals surface area contributed by atoms with Crippen molar-refractivity contribution in [3.63, 3.8) is 0 Å². The number of ether oxygens (including phenoxy) is 2. The minimum absolute atomic E-state index is 0.0138. The van der Waals surface area contributed by atoms with Gasteiger partial charge in [-0.05, 0) is 60.9 Å². The van der Waals surface area contributed by atoms with E-state index in [1.165, 1.54) is 23.8 Å². The summed E-state index contributed by atoms with van der Waals surface area (Å²) in [7, 11) is 0. The van der Waals surface area contributed by atoms with Crippen LogP contribution in [0, 0.1) is 5.82 Å². The van der Waals surface area contributed by atoms with Gasteiger partial charge in [0.15, 0.2) is 6.61 Å². The summed E-state index contributed by atoms with van der Waals surface area (Å²) in [6.45, 7) is 2.88. The van der Waals surface area contributed by atoms with Crippen LogP contribution >= 0.6 is 11.6 Å². The van der Waals surface area contributed by atoms with E-state index in [4.69, 9.17) is 21.1 Å². The molecule has 0 spiro atoms. The van der Waals surface area contributed by atoms with Crippen molar-refractivity contribution in [3.8, 4) is 11.5 Å². The Kier molecular flexibility index (Phi) is 7.33. The number of nitrogens with zero attached hydrogens (tertiary/aromatic N) is 1. The van der Waals surface area contributed by atoms with Gasteiger partial charge in [0.1, 0.15) is 17.3 Å². The summed E-state index contributed by atoms with van der Waals surface area (Å²) in [5, 5.41) is 2.66. The van der Waals surface area contributed by atoms with Crippen LogP contribution in [0.15, 0.2) is 60.7 Å².